The predicted molar refractivity (Wildman–Crippen MR) is 90.5 cm³/mol. The second kappa shape index (κ2) is 8.35. The van der Waals surface area contributed by atoms with Gasteiger partial charge >= 0.3 is 0 Å². The van der Waals surface area contributed by atoms with Crippen molar-refractivity contribution in [2.75, 3.05) is 53.1 Å². The summed E-state index contributed by atoms with van der Waals surface area (Å²) in [7, 11) is 1.60. The van der Waals surface area contributed by atoms with Gasteiger partial charge in [-0.05, 0) is 25.0 Å². The van der Waals surface area contributed by atoms with Gasteiger partial charge in [0, 0.05) is 38.8 Å². The molecule has 24 heavy (non-hydrogen) atoms. The van der Waals surface area contributed by atoms with Gasteiger partial charge in [0.15, 0.2) is 18.1 Å². The third kappa shape index (κ3) is 4.19. The quantitative estimate of drug-likeness (QED) is 0.815. The van der Waals surface area contributed by atoms with Crippen molar-refractivity contribution in [2.45, 2.75) is 18.9 Å². The molecule has 6 nitrogen and oxygen atoms in total. The van der Waals surface area contributed by atoms with E-state index < -0.39 is 0 Å². The van der Waals surface area contributed by atoms with E-state index in [-0.39, 0.29) is 12.5 Å². The van der Waals surface area contributed by atoms with Crippen LogP contribution in [0.3, 0.4) is 0 Å². The van der Waals surface area contributed by atoms with Gasteiger partial charge in [0.05, 0.1) is 13.7 Å². The summed E-state index contributed by atoms with van der Waals surface area (Å²) in [5, 5.41) is 0. The number of benzene rings is 1. The summed E-state index contributed by atoms with van der Waals surface area (Å²) in [4.78, 5) is 16.8. The van der Waals surface area contributed by atoms with Crippen molar-refractivity contribution in [3.63, 3.8) is 0 Å². The molecule has 0 aliphatic carbocycles. The fourth-order valence-corrected chi connectivity index (χ4v) is 3.33. The first-order chi connectivity index (χ1) is 11.8. The minimum Gasteiger partial charge on any atom is -0.493 e. The number of carbonyl (C=O) groups excluding carboxylic acids is 1. The number of nitrogens with zero attached hydrogens (tertiary/aromatic N) is 2. The second-order valence-electron chi connectivity index (χ2n) is 6.23. The molecular weight excluding hydrogens is 308 g/mol. The topological polar surface area (TPSA) is 51.2 Å². The third-order valence-corrected chi connectivity index (χ3v) is 4.73. The van der Waals surface area contributed by atoms with E-state index in [1.165, 1.54) is 0 Å². The number of para-hydroxylation sites is 2. The number of ether oxygens (including phenoxy) is 3. The van der Waals surface area contributed by atoms with Crippen LogP contribution in [0.2, 0.25) is 0 Å². The number of amides is 1. The highest BCUT2D eigenvalue weighted by atomic mass is 16.5. The molecule has 0 saturated carbocycles. The standard InChI is InChI=1S/C18H26N2O4/c1-22-16-5-2-3-6-17(16)24-14-18(21)20-9-4-8-19(10-11-20)15-7-12-23-13-15/h2-3,5-6,15H,4,7-14H2,1H3. The zero-order valence-corrected chi connectivity index (χ0v) is 14.3. The molecule has 2 aliphatic heterocycles. The summed E-state index contributed by atoms with van der Waals surface area (Å²) in [5.74, 6) is 1.28. The number of hydrogen-bond donors (Lipinski definition) is 0. The lowest BCUT2D eigenvalue weighted by atomic mass is 10.2. The van der Waals surface area contributed by atoms with Gasteiger partial charge in [-0.2, -0.15) is 0 Å². The average molecular weight is 334 g/mol. The van der Waals surface area contributed by atoms with Gasteiger partial charge in [-0.1, -0.05) is 12.1 Å². The molecule has 1 amide bonds. The van der Waals surface area contributed by atoms with Gasteiger partial charge in [0.2, 0.25) is 0 Å². The molecule has 1 atom stereocenters. The molecule has 132 valence electrons. The Balaban J connectivity index is 1.50. The van der Waals surface area contributed by atoms with Crippen LogP contribution in [-0.2, 0) is 9.53 Å². The maximum absolute atomic E-state index is 12.5. The molecule has 0 bridgehead atoms. The van der Waals surface area contributed by atoms with Crippen molar-refractivity contribution < 1.29 is 19.0 Å². The minimum atomic E-state index is 0.0328. The Morgan fingerprint density at radius 2 is 2.04 bits per heavy atom. The number of methoxy groups -OCH3 is 1. The minimum absolute atomic E-state index is 0.0328. The van der Waals surface area contributed by atoms with Crippen molar-refractivity contribution in [3.05, 3.63) is 24.3 Å². The SMILES string of the molecule is COc1ccccc1OCC(=O)N1CCCN(C2CCOC2)CC1. The Morgan fingerprint density at radius 1 is 1.21 bits per heavy atom. The van der Waals surface area contributed by atoms with Crippen LogP contribution in [0.1, 0.15) is 12.8 Å². The highest BCUT2D eigenvalue weighted by Crippen LogP contribution is 2.25. The molecule has 2 heterocycles. The Hall–Kier alpha value is -1.79. The molecule has 2 aliphatic rings. The molecule has 6 heteroatoms. The van der Waals surface area contributed by atoms with Crippen LogP contribution in [0.4, 0.5) is 0 Å². The first kappa shape index (κ1) is 17.0. The second-order valence-corrected chi connectivity index (χ2v) is 6.23. The average Bonchev–Trinajstić information content (AvgIpc) is 3.04. The Morgan fingerprint density at radius 3 is 2.79 bits per heavy atom. The van der Waals surface area contributed by atoms with Crippen molar-refractivity contribution >= 4 is 5.91 Å². The lowest BCUT2D eigenvalue weighted by Gasteiger charge is -2.26. The van der Waals surface area contributed by atoms with E-state index in [4.69, 9.17) is 14.2 Å². The van der Waals surface area contributed by atoms with Gasteiger partial charge in [0.25, 0.3) is 5.91 Å². The van der Waals surface area contributed by atoms with Crippen LogP contribution < -0.4 is 9.47 Å². The molecule has 0 aromatic heterocycles. The van der Waals surface area contributed by atoms with Crippen LogP contribution >= 0.6 is 0 Å². The van der Waals surface area contributed by atoms with Crippen LogP contribution in [0.25, 0.3) is 0 Å². The fraction of sp³-hybridized carbons (Fsp3) is 0.611. The van der Waals surface area contributed by atoms with E-state index in [9.17, 15) is 4.79 Å². The first-order valence-corrected chi connectivity index (χ1v) is 8.63. The molecule has 1 aromatic carbocycles. The molecule has 1 aromatic rings. The summed E-state index contributed by atoms with van der Waals surface area (Å²) in [6.07, 6.45) is 2.10. The zero-order valence-electron chi connectivity index (χ0n) is 14.3. The van der Waals surface area contributed by atoms with E-state index in [0.29, 0.717) is 17.5 Å². The molecule has 2 saturated heterocycles. The first-order valence-electron chi connectivity index (χ1n) is 8.63. The highest BCUT2D eigenvalue weighted by Gasteiger charge is 2.26. The zero-order chi connectivity index (χ0) is 16.8. The van der Waals surface area contributed by atoms with Crippen molar-refractivity contribution in [1.82, 2.24) is 9.80 Å². The van der Waals surface area contributed by atoms with E-state index in [1.807, 2.05) is 29.2 Å². The number of rotatable bonds is 5. The van der Waals surface area contributed by atoms with Gasteiger partial charge in [-0.3, -0.25) is 9.69 Å². The summed E-state index contributed by atoms with van der Waals surface area (Å²) in [5.41, 5.74) is 0. The number of carbonyl (C=O) groups is 1. The molecular formula is C18H26N2O4. The van der Waals surface area contributed by atoms with E-state index >= 15 is 0 Å². The van der Waals surface area contributed by atoms with Gasteiger partial charge in [-0.15, -0.1) is 0 Å². The van der Waals surface area contributed by atoms with Crippen LogP contribution in [-0.4, -0.2) is 74.9 Å². The van der Waals surface area contributed by atoms with Crippen molar-refractivity contribution in [1.29, 1.82) is 0 Å². The van der Waals surface area contributed by atoms with Crippen LogP contribution in [0.15, 0.2) is 24.3 Å². The lowest BCUT2D eigenvalue weighted by molar-refractivity contribution is -0.133. The van der Waals surface area contributed by atoms with Crippen LogP contribution in [0, 0.1) is 0 Å². The summed E-state index contributed by atoms with van der Waals surface area (Å²) < 4.78 is 16.4. The molecule has 0 N–H and O–H groups in total. The monoisotopic (exact) mass is 334 g/mol. The number of hydrogen-bond acceptors (Lipinski definition) is 5. The van der Waals surface area contributed by atoms with E-state index in [1.54, 1.807) is 7.11 Å². The van der Waals surface area contributed by atoms with E-state index in [2.05, 4.69) is 4.90 Å². The molecule has 0 spiro atoms. The van der Waals surface area contributed by atoms with Gasteiger partial charge < -0.3 is 19.1 Å². The lowest BCUT2D eigenvalue weighted by Crippen LogP contribution is -2.41. The molecule has 1 unspecified atom stereocenters. The Kier molecular flexibility index (Phi) is 5.93. The predicted octanol–water partition coefficient (Wildman–Crippen LogP) is 1.40. The van der Waals surface area contributed by atoms with Crippen LogP contribution in [0.5, 0.6) is 11.5 Å². The molecule has 0 radical (unpaired) electrons. The van der Waals surface area contributed by atoms with Gasteiger partial charge in [0.1, 0.15) is 0 Å². The Labute approximate surface area is 143 Å². The largest absolute Gasteiger partial charge is 0.493 e. The smallest absolute Gasteiger partial charge is 0.260 e. The highest BCUT2D eigenvalue weighted by molar-refractivity contribution is 5.77. The fourth-order valence-electron chi connectivity index (χ4n) is 3.33. The normalized spacial score (nSPS) is 22.2. The third-order valence-electron chi connectivity index (χ3n) is 4.73. The molecule has 2 fully saturated rings. The van der Waals surface area contributed by atoms with Crippen molar-refractivity contribution in [2.24, 2.45) is 0 Å². The summed E-state index contributed by atoms with van der Waals surface area (Å²) in [6.45, 7) is 5.22. The van der Waals surface area contributed by atoms with Crippen molar-refractivity contribution in [3.8, 4) is 11.5 Å². The maximum Gasteiger partial charge on any atom is 0.260 e. The maximum atomic E-state index is 12.5. The molecule has 3 rings (SSSR count). The summed E-state index contributed by atoms with van der Waals surface area (Å²) in [6, 6.07) is 7.91. The Bertz CT molecular complexity index is 546. The van der Waals surface area contributed by atoms with Gasteiger partial charge in [-0.25, -0.2) is 0 Å². The summed E-state index contributed by atoms with van der Waals surface area (Å²) >= 11 is 0. The van der Waals surface area contributed by atoms with E-state index in [0.717, 1.165) is 52.2 Å².